The molecule has 0 N–H and O–H groups in total. The summed E-state index contributed by atoms with van der Waals surface area (Å²) in [4.78, 5) is 10.7. The van der Waals surface area contributed by atoms with Gasteiger partial charge in [0.15, 0.2) is 0 Å². The molecule has 1 unspecified atom stereocenters. The molecule has 92 valence electrons. The van der Waals surface area contributed by atoms with E-state index in [-0.39, 0.29) is 5.92 Å². The van der Waals surface area contributed by atoms with Crippen molar-refractivity contribution in [3.05, 3.63) is 57.0 Å². The van der Waals surface area contributed by atoms with Crippen molar-refractivity contribution in [1.82, 2.24) is 0 Å². The van der Waals surface area contributed by atoms with Gasteiger partial charge >= 0.3 is 0 Å². The highest BCUT2D eigenvalue weighted by molar-refractivity contribution is 9.11. The molecular formula is C15H12Br2O. The Hall–Kier alpha value is -0.930. The van der Waals surface area contributed by atoms with E-state index >= 15 is 0 Å². The van der Waals surface area contributed by atoms with Gasteiger partial charge in [-0.1, -0.05) is 69.1 Å². The van der Waals surface area contributed by atoms with Gasteiger partial charge in [0.2, 0.25) is 0 Å². The first-order valence-corrected chi connectivity index (χ1v) is 7.21. The van der Waals surface area contributed by atoms with E-state index in [2.05, 4.69) is 37.9 Å². The minimum atomic E-state index is -0.0487. The average molecular weight is 368 g/mol. The molecule has 0 radical (unpaired) electrons. The van der Waals surface area contributed by atoms with Crippen LogP contribution in [0.25, 0.3) is 11.1 Å². The molecule has 18 heavy (non-hydrogen) atoms. The maximum absolute atomic E-state index is 10.7. The molecule has 1 atom stereocenters. The predicted molar refractivity (Wildman–Crippen MR) is 81.8 cm³/mol. The first-order valence-electron chi connectivity index (χ1n) is 5.62. The van der Waals surface area contributed by atoms with Gasteiger partial charge < -0.3 is 4.79 Å². The van der Waals surface area contributed by atoms with Gasteiger partial charge in [-0.15, -0.1) is 0 Å². The second kappa shape index (κ2) is 5.81. The minimum absolute atomic E-state index is 0.0487. The Morgan fingerprint density at radius 2 is 1.72 bits per heavy atom. The molecule has 3 heteroatoms. The van der Waals surface area contributed by atoms with Gasteiger partial charge in [-0.05, 0) is 28.8 Å². The third-order valence-electron chi connectivity index (χ3n) is 2.88. The van der Waals surface area contributed by atoms with E-state index < -0.39 is 0 Å². The Labute approximate surface area is 123 Å². The lowest BCUT2D eigenvalue weighted by Crippen LogP contribution is -1.93. The fourth-order valence-corrected chi connectivity index (χ4v) is 3.04. The summed E-state index contributed by atoms with van der Waals surface area (Å²) in [5, 5.41) is 0. The molecule has 2 aromatic carbocycles. The van der Waals surface area contributed by atoms with Crippen molar-refractivity contribution < 1.29 is 4.79 Å². The maximum Gasteiger partial charge on any atom is 0.127 e. The minimum Gasteiger partial charge on any atom is -0.303 e. The Balaban J connectivity index is 2.37. The summed E-state index contributed by atoms with van der Waals surface area (Å²) in [7, 11) is 0. The smallest absolute Gasteiger partial charge is 0.127 e. The highest BCUT2D eigenvalue weighted by atomic mass is 79.9. The fraction of sp³-hybridized carbons (Fsp3) is 0.133. The van der Waals surface area contributed by atoms with Gasteiger partial charge in [-0.3, -0.25) is 0 Å². The molecule has 0 aliphatic rings. The van der Waals surface area contributed by atoms with Crippen molar-refractivity contribution in [2.45, 2.75) is 12.8 Å². The molecule has 1 nitrogen and oxygen atoms in total. The van der Waals surface area contributed by atoms with Crippen molar-refractivity contribution >= 4 is 38.1 Å². The number of rotatable bonds is 3. The summed E-state index contributed by atoms with van der Waals surface area (Å²) >= 11 is 7.00. The van der Waals surface area contributed by atoms with E-state index in [1.54, 1.807) is 0 Å². The zero-order valence-corrected chi connectivity index (χ0v) is 13.0. The monoisotopic (exact) mass is 366 g/mol. The van der Waals surface area contributed by atoms with Gasteiger partial charge in [0.1, 0.15) is 6.29 Å². The summed E-state index contributed by atoms with van der Waals surface area (Å²) in [6.45, 7) is 1.90. The fourth-order valence-electron chi connectivity index (χ4n) is 1.77. The average Bonchev–Trinajstić information content (AvgIpc) is 2.38. The Bertz CT molecular complexity index is 561. The molecular weight excluding hydrogens is 356 g/mol. The number of carbonyl (C=O) groups is 1. The number of aldehydes is 1. The summed E-state index contributed by atoms with van der Waals surface area (Å²) < 4.78 is 2.09. The lowest BCUT2D eigenvalue weighted by molar-refractivity contribution is -0.108. The molecule has 2 rings (SSSR count). The van der Waals surface area contributed by atoms with Crippen LogP contribution >= 0.6 is 31.9 Å². The third kappa shape index (κ3) is 2.90. The lowest BCUT2D eigenvalue weighted by atomic mass is 9.98. The number of hydrogen-bond donors (Lipinski definition) is 0. The van der Waals surface area contributed by atoms with Gasteiger partial charge in [-0.2, -0.15) is 0 Å². The van der Waals surface area contributed by atoms with Crippen LogP contribution in [0.4, 0.5) is 0 Å². The van der Waals surface area contributed by atoms with E-state index in [1.165, 1.54) is 0 Å². The van der Waals surface area contributed by atoms with Crippen LogP contribution in [0.1, 0.15) is 18.4 Å². The summed E-state index contributed by atoms with van der Waals surface area (Å²) in [6, 6.07) is 14.2. The number of carbonyl (C=O) groups excluding carboxylic acids is 1. The van der Waals surface area contributed by atoms with Gasteiger partial charge in [0.05, 0.1) is 0 Å². The van der Waals surface area contributed by atoms with Gasteiger partial charge in [0.25, 0.3) is 0 Å². The van der Waals surface area contributed by atoms with Crippen molar-refractivity contribution in [2.24, 2.45) is 0 Å². The van der Waals surface area contributed by atoms with E-state index in [0.717, 1.165) is 31.9 Å². The summed E-state index contributed by atoms with van der Waals surface area (Å²) in [6.07, 6.45) is 0.963. The highest BCUT2D eigenvalue weighted by Crippen LogP contribution is 2.31. The van der Waals surface area contributed by atoms with Crippen LogP contribution < -0.4 is 0 Å². The SMILES string of the molecule is CC(C=O)c1ccc(-c2ccc(Br)cc2Br)cc1. The lowest BCUT2D eigenvalue weighted by Gasteiger charge is -2.08. The van der Waals surface area contributed by atoms with Crippen LogP contribution in [-0.2, 0) is 4.79 Å². The second-order valence-corrected chi connectivity index (χ2v) is 5.94. The highest BCUT2D eigenvalue weighted by Gasteiger charge is 2.06. The Kier molecular flexibility index (Phi) is 4.36. The predicted octanol–water partition coefficient (Wildman–Crippen LogP) is 5.18. The summed E-state index contributed by atoms with van der Waals surface area (Å²) in [5.74, 6) is -0.0487. The molecule has 0 fully saturated rings. The largest absolute Gasteiger partial charge is 0.303 e. The Morgan fingerprint density at radius 3 is 2.28 bits per heavy atom. The number of hydrogen-bond acceptors (Lipinski definition) is 1. The first-order chi connectivity index (χ1) is 8.61. The zero-order chi connectivity index (χ0) is 13.1. The summed E-state index contributed by atoms with van der Waals surface area (Å²) in [5.41, 5.74) is 3.32. The normalized spacial score (nSPS) is 12.2. The van der Waals surface area contributed by atoms with E-state index in [0.29, 0.717) is 0 Å². The van der Waals surface area contributed by atoms with Crippen LogP contribution in [-0.4, -0.2) is 6.29 Å². The standard InChI is InChI=1S/C15H12Br2O/c1-10(9-18)11-2-4-12(5-3-11)14-7-6-13(16)8-15(14)17/h2-10H,1H3. The molecule has 0 heterocycles. The van der Waals surface area contributed by atoms with E-state index in [1.807, 2.05) is 43.3 Å². The van der Waals surface area contributed by atoms with Crippen LogP contribution in [0.15, 0.2) is 51.4 Å². The second-order valence-electron chi connectivity index (χ2n) is 4.17. The van der Waals surface area contributed by atoms with Gasteiger partial charge in [-0.25, -0.2) is 0 Å². The van der Waals surface area contributed by atoms with Crippen molar-refractivity contribution in [1.29, 1.82) is 0 Å². The number of halogens is 2. The quantitative estimate of drug-likeness (QED) is 0.683. The molecule has 0 saturated carbocycles. The van der Waals surface area contributed by atoms with Crippen molar-refractivity contribution in [2.75, 3.05) is 0 Å². The van der Waals surface area contributed by atoms with E-state index in [9.17, 15) is 4.79 Å². The molecule has 0 bridgehead atoms. The molecule has 0 amide bonds. The number of benzene rings is 2. The van der Waals surface area contributed by atoms with Gasteiger partial charge in [0, 0.05) is 14.9 Å². The molecule has 2 aromatic rings. The topological polar surface area (TPSA) is 17.1 Å². The van der Waals surface area contributed by atoms with Crippen molar-refractivity contribution in [3.63, 3.8) is 0 Å². The van der Waals surface area contributed by atoms with Crippen LogP contribution in [0, 0.1) is 0 Å². The first kappa shape index (κ1) is 13.5. The Morgan fingerprint density at radius 1 is 1.06 bits per heavy atom. The van der Waals surface area contributed by atoms with E-state index in [4.69, 9.17) is 0 Å². The third-order valence-corrected chi connectivity index (χ3v) is 4.03. The molecule has 0 aromatic heterocycles. The molecule has 0 aliphatic heterocycles. The molecule has 0 saturated heterocycles. The molecule has 0 spiro atoms. The van der Waals surface area contributed by atoms with Crippen molar-refractivity contribution in [3.8, 4) is 11.1 Å². The molecule has 0 aliphatic carbocycles. The zero-order valence-electron chi connectivity index (χ0n) is 9.86. The van der Waals surface area contributed by atoms with Crippen LogP contribution in [0.5, 0.6) is 0 Å². The maximum atomic E-state index is 10.7. The van der Waals surface area contributed by atoms with Crippen LogP contribution in [0.2, 0.25) is 0 Å². The van der Waals surface area contributed by atoms with Crippen LogP contribution in [0.3, 0.4) is 0 Å².